The fourth-order valence-electron chi connectivity index (χ4n) is 2.79. The number of carbonyl (C=O) groups is 2. The smallest absolute Gasteiger partial charge is 0.341 e. The normalized spacial score (nSPS) is 16.9. The Morgan fingerprint density at radius 1 is 1.30 bits per heavy atom. The Bertz CT molecular complexity index is 564. The van der Waals surface area contributed by atoms with E-state index >= 15 is 0 Å². The molecule has 126 valence electrons. The molecule has 0 radical (unpaired) electrons. The van der Waals surface area contributed by atoms with Crippen LogP contribution in [-0.4, -0.2) is 55.3 Å². The van der Waals surface area contributed by atoms with E-state index in [9.17, 15) is 9.59 Å². The lowest BCUT2D eigenvalue weighted by Crippen LogP contribution is -2.43. The number of benzene rings is 1. The van der Waals surface area contributed by atoms with Crippen molar-refractivity contribution in [3.8, 4) is 5.75 Å². The second-order valence-electron chi connectivity index (χ2n) is 6.25. The molecule has 0 unspecified atom stereocenters. The Kier molecular flexibility index (Phi) is 5.60. The predicted octanol–water partition coefficient (Wildman–Crippen LogP) is 2.04. The monoisotopic (exact) mass is 321 g/mol. The number of hydrogen-bond acceptors (Lipinski definition) is 4. The molecular formula is C17H23NO5. The maximum absolute atomic E-state index is 12.6. The molecule has 1 aromatic rings. The largest absolute Gasteiger partial charge is 0.482 e. The number of piperidine rings is 1. The van der Waals surface area contributed by atoms with Crippen LogP contribution in [-0.2, 0) is 9.53 Å². The van der Waals surface area contributed by atoms with Crippen molar-refractivity contribution >= 4 is 11.9 Å². The van der Waals surface area contributed by atoms with Crippen LogP contribution in [0.1, 0.15) is 30.1 Å². The van der Waals surface area contributed by atoms with Gasteiger partial charge in [-0.3, -0.25) is 4.79 Å². The molecule has 23 heavy (non-hydrogen) atoms. The highest BCUT2D eigenvalue weighted by Crippen LogP contribution is 2.31. The molecule has 0 aromatic heterocycles. The van der Waals surface area contributed by atoms with Crippen LogP contribution in [0, 0.1) is 5.41 Å². The number of carboxylic acid groups (broad SMARTS) is 1. The lowest BCUT2D eigenvalue weighted by Gasteiger charge is -2.39. The number of amides is 1. The summed E-state index contributed by atoms with van der Waals surface area (Å²) in [7, 11) is 1.70. The summed E-state index contributed by atoms with van der Waals surface area (Å²) >= 11 is 0. The first-order valence-corrected chi connectivity index (χ1v) is 7.66. The zero-order valence-corrected chi connectivity index (χ0v) is 13.6. The molecule has 1 N–H and O–H groups in total. The first-order chi connectivity index (χ1) is 10.9. The van der Waals surface area contributed by atoms with Gasteiger partial charge >= 0.3 is 5.97 Å². The average molecular weight is 321 g/mol. The van der Waals surface area contributed by atoms with Crippen LogP contribution in [0.5, 0.6) is 5.75 Å². The van der Waals surface area contributed by atoms with Gasteiger partial charge in [-0.05, 0) is 36.5 Å². The lowest BCUT2D eigenvalue weighted by atomic mass is 9.81. The molecule has 2 rings (SSSR count). The Morgan fingerprint density at radius 3 is 2.61 bits per heavy atom. The van der Waals surface area contributed by atoms with Gasteiger partial charge in [0.1, 0.15) is 5.75 Å². The van der Waals surface area contributed by atoms with Gasteiger partial charge in [0.2, 0.25) is 0 Å². The van der Waals surface area contributed by atoms with Crippen molar-refractivity contribution < 1.29 is 24.2 Å². The zero-order chi connectivity index (χ0) is 16.9. The van der Waals surface area contributed by atoms with Gasteiger partial charge in [-0.15, -0.1) is 0 Å². The highest BCUT2D eigenvalue weighted by Gasteiger charge is 2.32. The van der Waals surface area contributed by atoms with E-state index in [-0.39, 0.29) is 11.3 Å². The maximum Gasteiger partial charge on any atom is 0.341 e. The number of methoxy groups -OCH3 is 1. The minimum Gasteiger partial charge on any atom is -0.482 e. The van der Waals surface area contributed by atoms with E-state index in [1.165, 1.54) is 0 Å². The summed E-state index contributed by atoms with van der Waals surface area (Å²) in [5.74, 6) is -0.708. The molecule has 6 nitrogen and oxygen atoms in total. The van der Waals surface area contributed by atoms with E-state index in [4.69, 9.17) is 14.6 Å². The van der Waals surface area contributed by atoms with Crippen LogP contribution >= 0.6 is 0 Å². The van der Waals surface area contributed by atoms with E-state index in [0.29, 0.717) is 31.0 Å². The first-order valence-electron chi connectivity index (χ1n) is 7.66. The summed E-state index contributed by atoms with van der Waals surface area (Å²) in [6, 6.07) is 6.65. The zero-order valence-electron chi connectivity index (χ0n) is 13.6. The van der Waals surface area contributed by atoms with E-state index in [1.807, 2.05) is 4.90 Å². The molecule has 0 spiro atoms. The van der Waals surface area contributed by atoms with Crippen LogP contribution in [0.15, 0.2) is 24.3 Å². The van der Waals surface area contributed by atoms with E-state index in [1.54, 1.807) is 31.4 Å². The quantitative estimate of drug-likeness (QED) is 0.867. The number of ether oxygens (including phenoxy) is 2. The molecule has 6 heteroatoms. The summed E-state index contributed by atoms with van der Waals surface area (Å²) < 4.78 is 10.4. The number of rotatable bonds is 6. The molecular weight excluding hydrogens is 298 g/mol. The van der Waals surface area contributed by atoms with Crippen molar-refractivity contribution in [2.75, 3.05) is 33.4 Å². The van der Waals surface area contributed by atoms with E-state index in [0.717, 1.165) is 12.8 Å². The van der Waals surface area contributed by atoms with Crippen molar-refractivity contribution in [3.63, 3.8) is 0 Å². The van der Waals surface area contributed by atoms with Crippen molar-refractivity contribution in [1.82, 2.24) is 4.90 Å². The molecule has 1 saturated heterocycles. The van der Waals surface area contributed by atoms with Gasteiger partial charge in [0.15, 0.2) is 6.61 Å². The van der Waals surface area contributed by atoms with Gasteiger partial charge in [0.25, 0.3) is 5.91 Å². The third kappa shape index (κ3) is 4.69. The molecule has 0 saturated carbocycles. The van der Waals surface area contributed by atoms with Gasteiger partial charge in [0, 0.05) is 25.8 Å². The Hall–Kier alpha value is -2.08. The van der Waals surface area contributed by atoms with Gasteiger partial charge in [0.05, 0.1) is 6.61 Å². The number of nitrogens with zero attached hydrogens (tertiary/aromatic N) is 1. The van der Waals surface area contributed by atoms with Crippen LogP contribution < -0.4 is 4.74 Å². The van der Waals surface area contributed by atoms with Crippen LogP contribution in [0.3, 0.4) is 0 Å². The Labute approximate surface area is 136 Å². The highest BCUT2D eigenvalue weighted by molar-refractivity contribution is 5.94. The summed E-state index contributed by atoms with van der Waals surface area (Å²) in [6.45, 7) is 3.85. The number of aliphatic carboxylic acids is 1. The summed E-state index contributed by atoms with van der Waals surface area (Å²) in [6.07, 6.45) is 1.81. The number of carboxylic acids is 1. The molecule has 1 fully saturated rings. The van der Waals surface area contributed by atoms with E-state index in [2.05, 4.69) is 6.92 Å². The second kappa shape index (κ2) is 7.46. The molecule has 1 amide bonds. The third-order valence-electron chi connectivity index (χ3n) is 4.19. The predicted molar refractivity (Wildman–Crippen MR) is 84.7 cm³/mol. The topological polar surface area (TPSA) is 76.1 Å². The lowest BCUT2D eigenvalue weighted by molar-refractivity contribution is -0.139. The average Bonchev–Trinajstić information content (AvgIpc) is 2.53. The maximum atomic E-state index is 12.6. The van der Waals surface area contributed by atoms with Crippen LogP contribution in [0.25, 0.3) is 0 Å². The summed E-state index contributed by atoms with van der Waals surface area (Å²) in [4.78, 5) is 25.0. The summed E-state index contributed by atoms with van der Waals surface area (Å²) in [5, 5.41) is 8.64. The van der Waals surface area contributed by atoms with Crippen molar-refractivity contribution in [2.45, 2.75) is 19.8 Å². The Morgan fingerprint density at radius 2 is 2.00 bits per heavy atom. The van der Waals surface area contributed by atoms with Gasteiger partial charge < -0.3 is 19.5 Å². The molecule has 0 atom stereocenters. The van der Waals surface area contributed by atoms with E-state index < -0.39 is 12.6 Å². The third-order valence-corrected chi connectivity index (χ3v) is 4.19. The minimum absolute atomic E-state index is 0.0507. The molecule has 1 aromatic carbocycles. The number of hydrogen-bond donors (Lipinski definition) is 1. The molecule has 1 aliphatic heterocycles. The number of carbonyl (C=O) groups excluding carboxylic acids is 1. The van der Waals surface area contributed by atoms with Crippen LogP contribution in [0.4, 0.5) is 0 Å². The van der Waals surface area contributed by atoms with Gasteiger partial charge in [-0.1, -0.05) is 13.0 Å². The second-order valence-corrected chi connectivity index (χ2v) is 6.25. The highest BCUT2D eigenvalue weighted by atomic mass is 16.5. The SMILES string of the molecule is COCC1(C)CCN(C(=O)c2cccc(OCC(=O)O)c2)CC1. The Balaban J connectivity index is 1.98. The van der Waals surface area contributed by atoms with Crippen LogP contribution in [0.2, 0.25) is 0 Å². The van der Waals surface area contributed by atoms with Gasteiger partial charge in [-0.2, -0.15) is 0 Å². The summed E-state index contributed by atoms with van der Waals surface area (Å²) in [5.41, 5.74) is 0.640. The van der Waals surface area contributed by atoms with Crippen molar-refractivity contribution in [2.24, 2.45) is 5.41 Å². The number of likely N-dealkylation sites (tertiary alicyclic amines) is 1. The standard InChI is InChI=1S/C17H23NO5/c1-17(12-22-2)6-8-18(9-7-17)16(21)13-4-3-5-14(10-13)23-11-15(19)20/h3-5,10H,6-9,11-12H2,1-2H3,(H,19,20). The molecule has 1 aliphatic rings. The van der Waals surface area contributed by atoms with Crippen molar-refractivity contribution in [3.05, 3.63) is 29.8 Å². The van der Waals surface area contributed by atoms with Crippen molar-refractivity contribution in [1.29, 1.82) is 0 Å². The molecule has 0 bridgehead atoms. The molecule has 1 heterocycles. The fraction of sp³-hybridized carbons (Fsp3) is 0.529. The first kappa shape index (κ1) is 17.3. The minimum atomic E-state index is -1.05. The van der Waals surface area contributed by atoms with Gasteiger partial charge in [-0.25, -0.2) is 4.79 Å². The fourth-order valence-corrected chi connectivity index (χ4v) is 2.79. The molecule has 0 aliphatic carbocycles.